The lowest BCUT2D eigenvalue weighted by Crippen LogP contribution is -2.02. The number of hydrogen-bond donors (Lipinski definition) is 1. The van der Waals surface area contributed by atoms with E-state index in [4.69, 9.17) is 0 Å². The summed E-state index contributed by atoms with van der Waals surface area (Å²) in [7, 11) is 0. The Balaban J connectivity index is 1.95. The summed E-state index contributed by atoms with van der Waals surface area (Å²) < 4.78 is 0. The third-order valence-corrected chi connectivity index (χ3v) is 4.00. The first-order valence-corrected chi connectivity index (χ1v) is 7.25. The van der Waals surface area contributed by atoms with Crippen LogP contribution in [0.4, 0.5) is 0 Å². The number of nitrogens with one attached hydrogen (secondary N) is 1. The number of aromatic amines is 1. The van der Waals surface area contributed by atoms with Gasteiger partial charge in [0.25, 0.3) is 0 Å². The minimum atomic E-state index is 0.645. The average molecular weight is 235 g/mol. The summed E-state index contributed by atoms with van der Waals surface area (Å²) in [6.45, 7) is 2.07. The molecule has 1 saturated carbocycles. The van der Waals surface area contributed by atoms with E-state index in [0.717, 1.165) is 5.69 Å². The predicted octanol–water partition coefficient (Wildman–Crippen LogP) is 4.11. The van der Waals surface area contributed by atoms with Gasteiger partial charge in [0.15, 0.2) is 0 Å². The van der Waals surface area contributed by atoms with Crippen molar-refractivity contribution in [2.45, 2.75) is 77.0 Å². The van der Waals surface area contributed by atoms with Gasteiger partial charge < -0.3 is 0 Å². The number of rotatable bonds is 1. The molecule has 1 heterocycles. The Bertz CT molecular complexity index is 307. The van der Waals surface area contributed by atoms with Gasteiger partial charge >= 0.3 is 0 Å². The molecule has 1 aliphatic rings. The van der Waals surface area contributed by atoms with Gasteiger partial charge in [-0.15, -0.1) is 0 Å². The Morgan fingerprint density at radius 3 is 1.82 bits per heavy atom. The fourth-order valence-corrected chi connectivity index (χ4v) is 2.94. The van der Waals surface area contributed by atoms with Crippen molar-refractivity contribution in [2.75, 3.05) is 0 Å². The SMILES string of the molecule is Cc1n[nH]nc1C1CCCCCCCCCC1. The van der Waals surface area contributed by atoms with E-state index in [0.29, 0.717) is 5.92 Å². The van der Waals surface area contributed by atoms with E-state index < -0.39 is 0 Å². The molecule has 0 unspecified atom stereocenters. The van der Waals surface area contributed by atoms with Crippen LogP contribution in [-0.2, 0) is 0 Å². The van der Waals surface area contributed by atoms with Gasteiger partial charge in [0.05, 0.1) is 11.4 Å². The normalized spacial score (nSPS) is 21.0. The molecule has 0 bridgehead atoms. The van der Waals surface area contributed by atoms with Gasteiger partial charge in [-0.05, 0) is 19.8 Å². The third kappa shape index (κ3) is 3.83. The monoisotopic (exact) mass is 235 g/mol. The van der Waals surface area contributed by atoms with Crippen LogP contribution in [0.1, 0.15) is 81.5 Å². The van der Waals surface area contributed by atoms with Crippen molar-refractivity contribution in [3.63, 3.8) is 0 Å². The maximum Gasteiger partial charge on any atom is 0.0884 e. The van der Waals surface area contributed by atoms with Crippen LogP contribution in [0, 0.1) is 6.92 Å². The summed E-state index contributed by atoms with van der Waals surface area (Å²) in [6, 6.07) is 0. The summed E-state index contributed by atoms with van der Waals surface area (Å²) >= 11 is 0. The van der Waals surface area contributed by atoms with Crippen molar-refractivity contribution >= 4 is 0 Å². The molecule has 0 atom stereocenters. The lowest BCUT2D eigenvalue weighted by atomic mass is 9.91. The lowest BCUT2D eigenvalue weighted by molar-refractivity contribution is 0.503. The first-order valence-electron chi connectivity index (χ1n) is 7.25. The maximum atomic E-state index is 4.35. The maximum absolute atomic E-state index is 4.35. The lowest BCUT2D eigenvalue weighted by Gasteiger charge is -2.14. The van der Waals surface area contributed by atoms with Crippen molar-refractivity contribution in [2.24, 2.45) is 0 Å². The average Bonchev–Trinajstić information content (AvgIpc) is 2.72. The van der Waals surface area contributed by atoms with Crippen LogP contribution in [-0.4, -0.2) is 15.4 Å². The van der Waals surface area contributed by atoms with E-state index in [1.807, 2.05) is 0 Å². The zero-order valence-corrected chi connectivity index (χ0v) is 11.0. The quantitative estimate of drug-likeness (QED) is 0.795. The van der Waals surface area contributed by atoms with E-state index in [9.17, 15) is 0 Å². The third-order valence-electron chi connectivity index (χ3n) is 4.00. The van der Waals surface area contributed by atoms with Gasteiger partial charge in [0.2, 0.25) is 0 Å². The van der Waals surface area contributed by atoms with Gasteiger partial charge in [0, 0.05) is 5.92 Å². The van der Waals surface area contributed by atoms with E-state index in [1.54, 1.807) is 0 Å². The topological polar surface area (TPSA) is 41.6 Å². The molecule has 0 saturated heterocycles. The fourth-order valence-electron chi connectivity index (χ4n) is 2.94. The molecule has 0 amide bonds. The molecule has 1 fully saturated rings. The Labute approximate surface area is 104 Å². The summed E-state index contributed by atoms with van der Waals surface area (Å²) in [4.78, 5) is 0. The van der Waals surface area contributed by atoms with E-state index in [1.165, 1.54) is 69.9 Å². The van der Waals surface area contributed by atoms with Crippen LogP contribution < -0.4 is 0 Å². The Morgan fingerprint density at radius 2 is 1.35 bits per heavy atom. The van der Waals surface area contributed by atoms with E-state index >= 15 is 0 Å². The molecular formula is C14H25N3. The molecule has 1 aromatic heterocycles. The van der Waals surface area contributed by atoms with Crippen LogP contribution in [0.3, 0.4) is 0 Å². The van der Waals surface area contributed by atoms with Gasteiger partial charge in [-0.2, -0.15) is 15.4 Å². The highest BCUT2D eigenvalue weighted by atomic mass is 15.3. The van der Waals surface area contributed by atoms with Crippen LogP contribution >= 0.6 is 0 Å². The van der Waals surface area contributed by atoms with Crippen molar-refractivity contribution in [1.82, 2.24) is 15.4 Å². The molecule has 3 nitrogen and oxygen atoms in total. The number of H-pyrrole nitrogens is 1. The summed E-state index contributed by atoms with van der Waals surface area (Å²) in [6.07, 6.45) is 13.8. The Hall–Kier alpha value is -0.860. The number of aromatic nitrogens is 3. The molecule has 1 N–H and O–H groups in total. The van der Waals surface area contributed by atoms with Crippen LogP contribution in [0.2, 0.25) is 0 Å². The molecule has 0 spiro atoms. The minimum absolute atomic E-state index is 0.645. The molecule has 3 heteroatoms. The molecule has 2 rings (SSSR count). The number of nitrogens with zero attached hydrogens (tertiary/aromatic N) is 2. The molecule has 0 aliphatic heterocycles. The number of aryl methyl sites for hydroxylation is 1. The van der Waals surface area contributed by atoms with E-state index in [2.05, 4.69) is 22.3 Å². The van der Waals surface area contributed by atoms with Crippen LogP contribution in [0.5, 0.6) is 0 Å². The van der Waals surface area contributed by atoms with Crippen molar-refractivity contribution in [3.05, 3.63) is 11.4 Å². The Kier molecular flexibility index (Phi) is 5.02. The van der Waals surface area contributed by atoms with Crippen molar-refractivity contribution < 1.29 is 0 Å². The second kappa shape index (κ2) is 6.77. The molecule has 0 aromatic carbocycles. The fraction of sp³-hybridized carbons (Fsp3) is 0.857. The van der Waals surface area contributed by atoms with Gasteiger partial charge in [-0.25, -0.2) is 0 Å². The first kappa shape index (κ1) is 12.6. The molecule has 0 radical (unpaired) electrons. The van der Waals surface area contributed by atoms with E-state index in [-0.39, 0.29) is 0 Å². The zero-order valence-electron chi connectivity index (χ0n) is 11.0. The highest BCUT2D eigenvalue weighted by Crippen LogP contribution is 2.29. The van der Waals surface area contributed by atoms with Crippen LogP contribution in [0.15, 0.2) is 0 Å². The molecular weight excluding hydrogens is 210 g/mol. The first-order chi connectivity index (χ1) is 8.38. The summed E-state index contributed by atoms with van der Waals surface area (Å²) in [5.41, 5.74) is 2.33. The predicted molar refractivity (Wildman–Crippen MR) is 70.0 cm³/mol. The van der Waals surface area contributed by atoms with Crippen molar-refractivity contribution in [3.8, 4) is 0 Å². The largest absolute Gasteiger partial charge is 0.197 e. The van der Waals surface area contributed by atoms with Gasteiger partial charge in [-0.1, -0.05) is 51.4 Å². The van der Waals surface area contributed by atoms with Gasteiger partial charge in [-0.3, -0.25) is 0 Å². The molecule has 1 aliphatic carbocycles. The van der Waals surface area contributed by atoms with Crippen molar-refractivity contribution in [1.29, 1.82) is 0 Å². The Morgan fingerprint density at radius 1 is 0.824 bits per heavy atom. The highest BCUT2D eigenvalue weighted by Gasteiger charge is 2.17. The smallest absolute Gasteiger partial charge is 0.0884 e. The molecule has 1 aromatic rings. The standard InChI is InChI=1S/C14H25N3/c1-12-14(16-17-15-12)13-10-8-6-4-2-3-5-7-9-11-13/h13H,2-11H2,1H3,(H,15,16,17). The van der Waals surface area contributed by atoms with Crippen LogP contribution in [0.25, 0.3) is 0 Å². The second-order valence-corrected chi connectivity index (χ2v) is 5.40. The molecule has 17 heavy (non-hydrogen) atoms. The second-order valence-electron chi connectivity index (χ2n) is 5.40. The summed E-state index contributed by atoms with van der Waals surface area (Å²) in [5, 5.41) is 11.3. The van der Waals surface area contributed by atoms with Gasteiger partial charge in [0.1, 0.15) is 0 Å². The number of hydrogen-bond acceptors (Lipinski definition) is 2. The molecule has 96 valence electrons. The minimum Gasteiger partial charge on any atom is -0.197 e. The summed E-state index contributed by atoms with van der Waals surface area (Å²) in [5.74, 6) is 0.645. The zero-order chi connectivity index (χ0) is 11.9. The highest BCUT2D eigenvalue weighted by molar-refractivity contribution is 5.12.